The van der Waals surface area contributed by atoms with Crippen LogP contribution in [0.5, 0.6) is 0 Å². The molecular weight excluding hydrogens is 258 g/mol. The number of carbonyl (C=O) groups excluding carboxylic acids is 2. The van der Waals surface area contributed by atoms with Crippen LogP contribution in [0.4, 0.5) is 11.5 Å². The van der Waals surface area contributed by atoms with Crippen LogP contribution in [0.1, 0.15) is 11.3 Å². The zero-order valence-corrected chi connectivity index (χ0v) is 10.9. The number of rotatable bonds is 3. The molecule has 1 aliphatic rings. The number of benzene rings is 1. The van der Waals surface area contributed by atoms with Crippen LogP contribution >= 0.6 is 0 Å². The van der Waals surface area contributed by atoms with E-state index in [1.165, 1.54) is 4.90 Å². The monoisotopic (exact) mass is 271 g/mol. The summed E-state index contributed by atoms with van der Waals surface area (Å²) in [5.74, 6) is 0.594. The van der Waals surface area contributed by atoms with E-state index in [1.807, 2.05) is 24.3 Å². The average molecular weight is 271 g/mol. The van der Waals surface area contributed by atoms with Crippen molar-refractivity contribution in [3.8, 4) is 0 Å². The third kappa shape index (κ3) is 2.27. The Morgan fingerprint density at radius 3 is 3.00 bits per heavy atom. The molecule has 6 heteroatoms. The molecule has 1 N–H and O–H groups in total. The lowest BCUT2D eigenvalue weighted by atomic mass is 10.2. The van der Waals surface area contributed by atoms with Crippen molar-refractivity contribution in [3.05, 3.63) is 41.7 Å². The highest BCUT2D eigenvalue weighted by Gasteiger charge is 2.28. The van der Waals surface area contributed by atoms with Gasteiger partial charge in [0.15, 0.2) is 5.82 Å². The van der Waals surface area contributed by atoms with Crippen LogP contribution in [0, 0.1) is 6.92 Å². The van der Waals surface area contributed by atoms with Crippen molar-refractivity contribution in [1.29, 1.82) is 0 Å². The maximum atomic E-state index is 11.9. The summed E-state index contributed by atoms with van der Waals surface area (Å²) >= 11 is 0. The fraction of sp³-hybridized carbons (Fsp3) is 0.214. The molecular formula is C14H13N3O3. The van der Waals surface area contributed by atoms with E-state index in [-0.39, 0.29) is 18.4 Å². The molecule has 0 saturated heterocycles. The average Bonchev–Trinajstić information content (AvgIpc) is 2.94. The Kier molecular flexibility index (Phi) is 2.98. The number of nitrogens with one attached hydrogen (secondary N) is 1. The summed E-state index contributed by atoms with van der Waals surface area (Å²) in [5, 5.41) is 6.29. The summed E-state index contributed by atoms with van der Waals surface area (Å²) in [6, 6.07) is 9.09. The summed E-state index contributed by atoms with van der Waals surface area (Å²) in [6.45, 7) is 1.71. The van der Waals surface area contributed by atoms with E-state index in [9.17, 15) is 9.59 Å². The minimum Gasteiger partial charge on any atom is -0.360 e. The molecule has 1 aromatic heterocycles. The molecule has 0 fully saturated rings. The molecule has 1 aromatic carbocycles. The smallest absolute Gasteiger partial charge is 0.245 e. The number of para-hydroxylation sites is 1. The van der Waals surface area contributed by atoms with Crippen molar-refractivity contribution in [2.45, 2.75) is 13.3 Å². The van der Waals surface area contributed by atoms with Gasteiger partial charge in [0.1, 0.15) is 12.3 Å². The number of aromatic nitrogens is 1. The van der Waals surface area contributed by atoms with Crippen molar-refractivity contribution in [3.63, 3.8) is 0 Å². The summed E-state index contributed by atoms with van der Waals surface area (Å²) in [4.78, 5) is 25.4. The minimum atomic E-state index is -0.302. The first-order valence-electron chi connectivity index (χ1n) is 6.25. The van der Waals surface area contributed by atoms with Gasteiger partial charge in [-0.1, -0.05) is 23.4 Å². The summed E-state index contributed by atoms with van der Waals surface area (Å²) in [7, 11) is 0. The maximum Gasteiger partial charge on any atom is 0.245 e. The zero-order valence-electron chi connectivity index (χ0n) is 10.9. The van der Waals surface area contributed by atoms with Gasteiger partial charge in [-0.15, -0.1) is 0 Å². The van der Waals surface area contributed by atoms with Gasteiger partial charge in [-0.2, -0.15) is 0 Å². The van der Waals surface area contributed by atoms with Crippen LogP contribution in [0.15, 0.2) is 34.9 Å². The van der Waals surface area contributed by atoms with Crippen LogP contribution in [0.25, 0.3) is 0 Å². The molecule has 0 spiro atoms. The second-order valence-electron chi connectivity index (χ2n) is 4.66. The molecule has 2 amide bonds. The number of anilines is 2. The van der Waals surface area contributed by atoms with E-state index in [1.54, 1.807) is 13.0 Å². The van der Waals surface area contributed by atoms with E-state index in [2.05, 4.69) is 10.5 Å². The zero-order chi connectivity index (χ0) is 14.1. The summed E-state index contributed by atoms with van der Waals surface area (Å²) in [6.07, 6.45) is 0.340. The predicted molar refractivity (Wildman–Crippen MR) is 72.4 cm³/mol. The first-order valence-corrected chi connectivity index (χ1v) is 6.25. The lowest BCUT2D eigenvalue weighted by Gasteiger charge is -2.16. The molecule has 0 aliphatic carbocycles. The van der Waals surface area contributed by atoms with E-state index in [0.717, 1.165) is 11.3 Å². The molecule has 6 nitrogen and oxygen atoms in total. The van der Waals surface area contributed by atoms with Crippen LogP contribution in [0.3, 0.4) is 0 Å². The molecule has 1 aliphatic heterocycles. The first kappa shape index (κ1) is 12.4. The Morgan fingerprint density at radius 1 is 1.45 bits per heavy atom. The van der Waals surface area contributed by atoms with Crippen LogP contribution < -0.4 is 10.2 Å². The summed E-state index contributed by atoms with van der Waals surface area (Å²) < 4.78 is 4.87. The molecule has 0 radical (unpaired) electrons. The first-order chi connectivity index (χ1) is 9.63. The third-order valence-corrected chi connectivity index (χ3v) is 3.12. The highest BCUT2D eigenvalue weighted by Crippen LogP contribution is 2.28. The Bertz CT molecular complexity index is 678. The van der Waals surface area contributed by atoms with Gasteiger partial charge in [0.2, 0.25) is 11.8 Å². The van der Waals surface area contributed by atoms with E-state index < -0.39 is 0 Å². The molecule has 3 rings (SSSR count). The molecule has 0 bridgehead atoms. The highest BCUT2D eigenvalue weighted by molar-refractivity contribution is 6.06. The lowest BCUT2D eigenvalue weighted by Crippen LogP contribution is -2.35. The molecule has 0 atom stereocenters. The van der Waals surface area contributed by atoms with Gasteiger partial charge >= 0.3 is 0 Å². The van der Waals surface area contributed by atoms with Gasteiger partial charge in [0.25, 0.3) is 0 Å². The Hall–Kier alpha value is -2.63. The Morgan fingerprint density at radius 2 is 2.25 bits per heavy atom. The number of fused-ring (bicyclic) bond motifs is 1. The van der Waals surface area contributed by atoms with Gasteiger partial charge in [0, 0.05) is 11.8 Å². The van der Waals surface area contributed by atoms with Gasteiger partial charge in [-0.3, -0.25) is 9.59 Å². The van der Waals surface area contributed by atoms with Gasteiger partial charge in [-0.25, -0.2) is 0 Å². The van der Waals surface area contributed by atoms with Gasteiger partial charge in [-0.05, 0) is 18.6 Å². The number of aryl methyl sites for hydroxylation is 1. The molecule has 0 saturated carbocycles. The molecule has 0 unspecified atom stereocenters. The molecule has 102 valence electrons. The molecule has 2 aromatic rings. The minimum absolute atomic E-state index is 0.0260. The van der Waals surface area contributed by atoms with E-state index in [4.69, 9.17) is 4.52 Å². The highest BCUT2D eigenvalue weighted by atomic mass is 16.5. The molecule has 2 heterocycles. The van der Waals surface area contributed by atoms with E-state index >= 15 is 0 Å². The second kappa shape index (κ2) is 4.80. The van der Waals surface area contributed by atoms with Gasteiger partial charge in [0.05, 0.1) is 6.42 Å². The van der Waals surface area contributed by atoms with Crippen molar-refractivity contribution in [1.82, 2.24) is 5.16 Å². The molecule has 20 heavy (non-hydrogen) atoms. The lowest BCUT2D eigenvalue weighted by molar-refractivity contribution is -0.120. The van der Waals surface area contributed by atoms with Crippen LogP contribution in [-0.2, 0) is 16.0 Å². The SMILES string of the molecule is Cc1cc(NC(=O)CN2C(=O)Cc3ccccc32)no1. The standard InChI is InChI=1S/C14H13N3O3/c1-9-6-12(16-20-9)15-13(18)8-17-11-5-3-2-4-10(11)7-14(17)19/h2-6H,7-8H2,1H3,(H,15,16,18). The fourth-order valence-corrected chi connectivity index (χ4v) is 2.24. The quantitative estimate of drug-likeness (QED) is 0.918. The fourth-order valence-electron chi connectivity index (χ4n) is 2.24. The van der Waals surface area contributed by atoms with E-state index in [0.29, 0.717) is 18.0 Å². The number of hydrogen-bond acceptors (Lipinski definition) is 4. The number of hydrogen-bond donors (Lipinski definition) is 1. The largest absolute Gasteiger partial charge is 0.360 e. The van der Waals surface area contributed by atoms with Crippen molar-refractivity contribution >= 4 is 23.3 Å². The summed E-state index contributed by atoms with van der Waals surface area (Å²) in [5.41, 5.74) is 1.74. The van der Waals surface area contributed by atoms with Crippen molar-refractivity contribution in [2.24, 2.45) is 0 Å². The Balaban J connectivity index is 1.71. The normalized spacial score (nSPS) is 13.4. The number of nitrogens with zero attached hydrogens (tertiary/aromatic N) is 2. The topological polar surface area (TPSA) is 75.4 Å². The third-order valence-electron chi connectivity index (χ3n) is 3.12. The number of amides is 2. The van der Waals surface area contributed by atoms with Gasteiger partial charge < -0.3 is 14.7 Å². The van der Waals surface area contributed by atoms with Crippen molar-refractivity contribution < 1.29 is 14.1 Å². The van der Waals surface area contributed by atoms with Crippen LogP contribution in [-0.4, -0.2) is 23.5 Å². The number of carbonyl (C=O) groups is 2. The van der Waals surface area contributed by atoms with Crippen LogP contribution in [0.2, 0.25) is 0 Å². The second-order valence-corrected chi connectivity index (χ2v) is 4.66. The Labute approximate surface area is 115 Å². The van der Waals surface area contributed by atoms with Crippen molar-refractivity contribution in [2.75, 3.05) is 16.8 Å². The maximum absolute atomic E-state index is 11.9. The predicted octanol–water partition coefficient (Wildman–Crippen LogP) is 1.51.